The van der Waals surface area contributed by atoms with Gasteiger partial charge in [-0.3, -0.25) is 9.79 Å². The Morgan fingerprint density at radius 2 is 1.56 bits per heavy atom. The van der Waals surface area contributed by atoms with E-state index < -0.39 is 18.0 Å². The molecule has 0 amide bonds. The van der Waals surface area contributed by atoms with E-state index in [4.69, 9.17) is 9.84 Å². The van der Waals surface area contributed by atoms with Crippen molar-refractivity contribution in [2.75, 3.05) is 6.61 Å². The number of aliphatic imine (C=N–C) groups is 1. The highest BCUT2D eigenvalue weighted by Crippen LogP contribution is 2.15. The molecule has 1 N–H and O–H groups in total. The van der Waals surface area contributed by atoms with E-state index in [1.807, 2.05) is 67.6 Å². The summed E-state index contributed by atoms with van der Waals surface area (Å²) in [5, 5.41) is 9.03. The van der Waals surface area contributed by atoms with Crippen LogP contribution in [0.1, 0.15) is 43.7 Å². The smallest absolute Gasteiger partial charge is 0.330 e. The molecule has 1 unspecified atom stereocenters. The van der Waals surface area contributed by atoms with Crippen LogP contribution in [0.5, 0.6) is 0 Å². The minimum atomic E-state index is -0.961. The van der Waals surface area contributed by atoms with Crippen molar-refractivity contribution in [2.45, 2.75) is 38.6 Å². The zero-order valence-corrected chi connectivity index (χ0v) is 15.5. The van der Waals surface area contributed by atoms with Crippen LogP contribution in [0.3, 0.4) is 0 Å². The Labute approximate surface area is 159 Å². The van der Waals surface area contributed by atoms with Gasteiger partial charge in [-0.05, 0) is 12.8 Å². The number of esters is 1. The molecule has 0 aromatic heterocycles. The molecular formula is C22H25NO4. The quantitative estimate of drug-likeness (QED) is 0.390. The van der Waals surface area contributed by atoms with Crippen LogP contribution in [0.25, 0.3) is 0 Å². The second-order valence-corrected chi connectivity index (χ2v) is 6.18. The van der Waals surface area contributed by atoms with Gasteiger partial charge in [0.2, 0.25) is 0 Å². The van der Waals surface area contributed by atoms with Crippen LogP contribution in [0.15, 0.2) is 65.7 Å². The highest BCUT2D eigenvalue weighted by Gasteiger charge is 2.22. The van der Waals surface area contributed by atoms with Gasteiger partial charge in [-0.15, -0.1) is 0 Å². The Balaban J connectivity index is 2.36. The number of nitrogens with zero attached hydrogens (tertiary/aromatic N) is 1. The number of carbonyl (C=O) groups is 2. The lowest BCUT2D eigenvalue weighted by molar-refractivity contribution is -0.145. The van der Waals surface area contributed by atoms with Crippen LogP contribution in [-0.2, 0) is 14.3 Å². The van der Waals surface area contributed by atoms with Crippen LogP contribution in [0.4, 0.5) is 0 Å². The number of carboxylic acid groups (broad SMARTS) is 1. The molecule has 0 radical (unpaired) electrons. The first-order valence-corrected chi connectivity index (χ1v) is 9.19. The maximum atomic E-state index is 12.5. The zero-order chi connectivity index (χ0) is 19.5. The fourth-order valence-electron chi connectivity index (χ4n) is 2.57. The van der Waals surface area contributed by atoms with Crippen molar-refractivity contribution in [1.29, 1.82) is 0 Å². The molecule has 5 nitrogen and oxygen atoms in total. The molecule has 0 bridgehead atoms. The summed E-state index contributed by atoms with van der Waals surface area (Å²) in [4.78, 5) is 28.2. The van der Waals surface area contributed by atoms with Gasteiger partial charge in [0, 0.05) is 17.5 Å². The molecule has 27 heavy (non-hydrogen) atoms. The molecule has 0 aliphatic heterocycles. The molecule has 2 aromatic rings. The summed E-state index contributed by atoms with van der Waals surface area (Å²) in [7, 11) is 0. The van der Waals surface area contributed by atoms with Gasteiger partial charge >= 0.3 is 11.9 Å². The summed E-state index contributed by atoms with van der Waals surface area (Å²) in [6.07, 6.45) is 1.64. The van der Waals surface area contributed by atoms with Crippen molar-refractivity contribution < 1.29 is 19.4 Å². The maximum Gasteiger partial charge on any atom is 0.330 e. The molecule has 1 atom stereocenters. The van der Waals surface area contributed by atoms with E-state index in [1.54, 1.807) is 0 Å². The number of carbonyl (C=O) groups excluding carboxylic acids is 1. The fourth-order valence-corrected chi connectivity index (χ4v) is 2.57. The summed E-state index contributed by atoms with van der Waals surface area (Å²) in [6, 6.07) is 18.3. The highest BCUT2D eigenvalue weighted by atomic mass is 16.5. The first-order chi connectivity index (χ1) is 13.1. The number of ether oxygens (including phenoxy) is 1. The first kappa shape index (κ1) is 20.4. The van der Waals surface area contributed by atoms with Crippen LogP contribution in [0, 0.1) is 0 Å². The van der Waals surface area contributed by atoms with E-state index in [1.165, 1.54) is 0 Å². The standard InChI is InChI=1S/C22H25NO4/c1-2-3-16-27-22(26)19(14-15-20(24)25)23-21(17-10-6-4-7-11-17)18-12-8-5-9-13-18/h4-13,19H,2-3,14-16H2,1H3,(H,24,25). The van der Waals surface area contributed by atoms with E-state index in [-0.39, 0.29) is 12.8 Å². The number of unbranched alkanes of at least 4 members (excludes halogenated alkanes) is 1. The maximum absolute atomic E-state index is 12.5. The SMILES string of the molecule is CCCCOC(=O)C(CCC(=O)O)N=C(c1ccccc1)c1ccccc1. The summed E-state index contributed by atoms with van der Waals surface area (Å²) in [5.41, 5.74) is 2.38. The van der Waals surface area contributed by atoms with Crippen molar-refractivity contribution in [2.24, 2.45) is 4.99 Å². The average molecular weight is 367 g/mol. The summed E-state index contributed by atoms with van der Waals surface area (Å²) in [6.45, 7) is 2.33. The fraction of sp³-hybridized carbons (Fsp3) is 0.318. The van der Waals surface area contributed by atoms with Crippen molar-refractivity contribution in [3.05, 3.63) is 71.8 Å². The van der Waals surface area contributed by atoms with Crippen molar-refractivity contribution in [3.8, 4) is 0 Å². The molecule has 142 valence electrons. The molecule has 0 heterocycles. The lowest BCUT2D eigenvalue weighted by atomic mass is 10.0. The second-order valence-electron chi connectivity index (χ2n) is 6.18. The van der Waals surface area contributed by atoms with Gasteiger partial charge in [-0.1, -0.05) is 74.0 Å². The molecule has 0 aliphatic carbocycles. The monoisotopic (exact) mass is 367 g/mol. The first-order valence-electron chi connectivity index (χ1n) is 9.19. The topological polar surface area (TPSA) is 76.0 Å². The largest absolute Gasteiger partial charge is 0.481 e. The summed E-state index contributed by atoms with van der Waals surface area (Å²) < 4.78 is 5.31. The lowest BCUT2D eigenvalue weighted by Crippen LogP contribution is -2.25. The zero-order valence-electron chi connectivity index (χ0n) is 15.5. The predicted molar refractivity (Wildman–Crippen MR) is 105 cm³/mol. The Hall–Kier alpha value is -2.95. The Morgan fingerprint density at radius 3 is 2.04 bits per heavy atom. The average Bonchev–Trinajstić information content (AvgIpc) is 2.69. The number of aliphatic carboxylic acids is 1. The van der Waals surface area contributed by atoms with Gasteiger partial charge in [0.15, 0.2) is 0 Å². The Morgan fingerprint density at radius 1 is 1.00 bits per heavy atom. The van der Waals surface area contributed by atoms with Crippen LogP contribution in [-0.4, -0.2) is 35.4 Å². The Kier molecular flexibility index (Phi) is 8.23. The number of hydrogen-bond acceptors (Lipinski definition) is 4. The van der Waals surface area contributed by atoms with Gasteiger partial charge in [-0.2, -0.15) is 0 Å². The van der Waals surface area contributed by atoms with Crippen LogP contribution in [0.2, 0.25) is 0 Å². The van der Waals surface area contributed by atoms with E-state index >= 15 is 0 Å². The molecule has 0 fully saturated rings. The molecule has 5 heteroatoms. The number of benzene rings is 2. The van der Waals surface area contributed by atoms with Gasteiger partial charge in [0.25, 0.3) is 0 Å². The van der Waals surface area contributed by atoms with Crippen molar-refractivity contribution >= 4 is 17.7 Å². The number of hydrogen-bond donors (Lipinski definition) is 1. The molecule has 0 aliphatic rings. The minimum absolute atomic E-state index is 0.101. The van der Waals surface area contributed by atoms with E-state index in [2.05, 4.69) is 4.99 Å². The van der Waals surface area contributed by atoms with E-state index in [0.717, 1.165) is 24.0 Å². The summed E-state index contributed by atoms with van der Waals surface area (Å²) in [5.74, 6) is -1.44. The number of carboxylic acids is 1. The van der Waals surface area contributed by atoms with Crippen LogP contribution < -0.4 is 0 Å². The third-order valence-electron chi connectivity index (χ3n) is 4.03. The normalized spacial score (nSPS) is 11.4. The lowest BCUT2D eigenvalue weighted by Gasteiger charge is -2.15. The van der Waals surface area contributed by atoms with Crippen molar-refractivity contribution in [3.63, 3.8) is 0 Å². The summed E-state index contributed by atoms with van der Waals surface area (Å²) >= 11 is 0. The van der Waals surface area contributed by atoms with Crippen LogP contribution >= 0.6 is 0 Å². The third kappa shape index (κ3) is 6.70. The highest BCUT2D eigenvalue weighted by molar-refractivity contribution is 6.13. The molecule has 0 saturated carbocycles. The minimum Gasteiger partial charge on any atom is -0.481 e. The van der Waals surface area contributed by atoms with E-state index in [9.17, 15) is 9.59 Å². The number of rotatable bonds is 10. The Bertz CT molecular complexity index is 715. The van der Waals surface area contributed by atoms with Gasteiger partial charge < -0.3 is 9.84 Å². The van der Waals surface area contributed by atoms with Gasteiger partial charge in [0.05, 0.1) is 12.3 Å². The second kappa shape index (κ2) is 10.9. The van der Waals surface area contributed by atoms with E-state index in [0.29, 0.717) is 12.3 Å². The molecule has 2 rings (SSSR count). The molecule has 0 saturated heterocycles. The predicted octanol–water partition coefficient (Wildman–Crippen LogP) is 4.10. The molecule has 2 aromatic carbocycles. The molecule has 0 spiro atoms. The van der Waals surface area contributed by atoms with Gasteiger partial charge in [0.1, 0.15) is 6.04 Å². The molecular weight excluding hydrogens is 342 g/mol. The van der Waals surface area contributed by atoms with Crippen molar-refractivity contribution in [1.82, 2.24) is 0 Å². The third-order valence-corrected chi connectivity index (χ3v) is 4.03. The van der Waals surface area contributed by atoms with Gasteiger partial charge in [-0.25, -0.2) is 4.79 Å².